The van der Waals surface area contributed by atoms with E-state index in [1.807, 2.05) is 36.4 Å². The van der Waals surface area contributed by atoms with Gasteiger partial charge in [-0.1, -0.05) is 59.2 Å². The Hall–Kier alpha value is -2.36. The minimum atomic E-state index is -0.0555. The van der Waals surface area contributed by atoms with E-state index in [1.165, 1.54) is 4.80 Å². The number of rotatable bonds is 4. The summed E-state index contributed by atoms with van der Waals surface area (Å²) in [6, 6.07) is 13.5. The van der Waals surface area contributed by atoms with E-state index in [0.717, 1.165) is 23.0 Å². The summed E-state index contributed by atoms with van der Waals surface area (Å²) in [6.45, 7) is 11.2. The Kier molecular flexibility index (Phi) is 3.86. The average Bonchev–Trinajstić information content (AvgIpc) is 2.98. The van der Waals surface area contributed by atoms with Crippen LogP contribution >= 0.6 is 0 Å². The number of fused-ring (bicyclic) bond motifs is 1. The quantitative estimate of drug-likeness (QED) is 0.747. The van der Waals surface area contributed by atoms with Gasteiger partial charge in [0.1, 0.15) is 22.5 Å². The van der Waals surface area contributed by atoms with Crippen LogP contribution in [-0.4, -0.2) is 20.1 Å². The van der Waals surface area contributed by atoms with E-state index in [0.29, 0.717) is 5.69 Å². The summed E-state index contributed by atoms with van der Waals surface area (Å²) in [4.78, 5) is 1.50. The van der Waals surface area contributed by atoms with Crippen LogP contribution in [0.15, 0.2) is 42.5 Å². The molecule has 24 heavy (non-hydrogen) atoms. The van der Waals surface area contributed by atoms with Gasteiger partial charge in [-0.25, -0.2) is 0 Å². The Labute approximate surface area is 143 Å². The number of phenols is 1. The van der Waals surface area contributed by atoms with Crippen LogP contribution in [-0.2, 0) is 5.41 Å². The third-order valence-corrected chi connectivity index (χ3v) is 5.78. The van der Waals surface area contributed by atoms with Crippen LogP contribution in [0.1, 0.15) is 46.6 Å². The molecule has 3 rings (SSSR count). The lowest BCUT2D eigenvalue weighted by atomic mass is 9.63. The largest absolute Gasteiger partial charge is 0.506 e. The van der Waals surface area contributed by atoms with Crippen LogP contribution in [0.2, 0.25) is 0 Å². The molecule has 0 fully saturated rings. The van der Waals surface area contributed by atoms with Crippen molar-refractivity contribution < 1.29 is 5.11 Å². The molecule has 0 unspecified atom stereocenters. The van der Waals surface area contributed by atoms with E-state index < -0.39 is 0 Å². The maximum atomic E-state index is 10.6. The van der Waals surface area contributed by atoms with Gasteiger partial charge in [0.15, 0.2) is 0 Å². The molecule has 0 atom stereocenters. The van der Waals surface area contributed by atoms with Gasteiger partial charge in [0.05, 0.1) is 0 Å². The van der Waals surface area contributed by atoms with Crippen LogP contribution < -0.4 is 0 Å². The van der Waals surface area contributed by atoms with Gasteiger partial charge in [-0.2, -0.15) is 0 Å². The number of aromatic nitrogens is 3. The Morgan fingerprint density at radius 1 is 0.958 bits per heavy atom. The van der Waals surface area contributed by atoms with Crippen LogP contribution in [0.4, 0.5) is 0 Å². The van der Waals surface area contributed by atoms with E-state index in [2.05, 4.69) is 50.9 Å². The first-order valence-corrected chi connectivity index (χ1v) is 8.42. The molecule has 0 spiro atoms. The first-order valence-electron chi connectivity index (χ1n) is 8.42. The Morgan fingerprint density at radius 2 is 1.54 bits per heavy atom. The molecule has 0 bridgehead atoms. The first-order chi connectivity index (χ1) is 11.3. The zero-order valence-electron chi connectivity index (χ0n) is 15.0. The van der Waals surface area contributed by atoms with Gasteiger partial charge in [0.25, 0.3) is 0 Å². The molecule has 0 amide bonds. The SMILES string of the molecule is CCC(C)(C)C(C)(C)c1ccc(-n2nc3ccccc3n2)c(O)c1. The molecule has 0 aliphatic heterocycles. The summed E-state index contributed by atoms with van der Waals surface area (Å²) in [6.07, 6.45) is 1.06. The van der Waals surface area contributed by atoms with Crippen LogP contribution in [0.3, 0.4) is 0 Å². The van der Waals surface area contributed by atoms with E-state index in [9.17, 15) is 5.11 Å². The second-order valence-corrected chi connectivity index (χ2v) is 7.54. The molecule has 0 aliphatic carbocycles. The summed E-state index contributed by atoms with van der Waals surface area (Å²) in [5.74, 6) is 0.202. The van der Waals surface area contributed by atoms with Crippen molar-refractivity contribution in [2.45, 2.75) is 46.5 Å². The molecule has 126 valence electrons. The zero-order chi connectivity index (χ0) is 17.5. The van der Waals surface area contributed by atoms with Crippen molar-refractivity contribution in [1.82, 2.24) is 15.0 Å². The minimum absolute atomic E-state index is 0.0555. The maximum absolute atomic E-state index is 10.6. The maximum Gasteiger partial charge on any atom is 0.143 e. The van der Waals surface area contributed by atoms with Crippen molar-refractivity contribution in [1.29, 1.82) is 0 Å². The number of phenolic OH excluding ortho intramolecular Hbond substituents is 1. The van der Waals surface area contributed by atoms with E-state index in [4.69, 9.17) is 0 Å². The van der Waals surface area contributed by atoms with Crippen LogP contribution in [0, 0.1) is 5.41 Å². The number of nitrogens with zero attached hydrogens (tertiary/aromatic N) is 3. The molecule has 1 aromatic heterocycles. The topological polar surface area (TPSA) is 50.9 Å². The monoisotopic (exact) mass is 323 g/mol. The van der Waals surface area contributed by atoms with E-state index >= 15 is 0 Å². The predicted molar refractivity (Wildman–Crippen MR) is 97.6 cm³/mol. The first kappa shape index (κ1) is 16.5. The standard InChI is InChI=1S/C20H25N3O/c1-6-19(2,3)20(4,5)14-11-12-17(18(24)13-14)23-21-15-9-7-8-10-16(15)22-23/h7-13,24H,6H2,1-5H3. The van der Waals surface area contributed by atoms with Crippen molar-refractivity contribution in [3.05, 3.63) is 48.0 Å². The van der Waals surface area contributed by atoms with E-state index in [-0.39, 0.29) is 16.6 Å². The van der Waals surface area contributed by atoms with Gasteiger partial charge in [0.2, 0.25) is 0 Å². The Bertz CT molecular complexity index is 844. The second kappa shape index (κ2) is 5.62. The van der Waals surface area contributed by atoms with Crippen molar-refractivity contribution in [3.8, 4) is 11.4 Å². The minimum Gasteiger partial charge on any atom is -0.506 e. The number of benzene rings is 2. The molecule has 1 heterocycles. The van der Waals surface area contributed by atoms with Gasteiger partial charge in [-0.15, -0.1) is 15.0 Å². The molecule has 0 aliphatic rings. The fourth-order valence-electron chi connectivity index (χ4n) is 2.88. The molecular formula is C20H25N3O. The predicted octanol–water partition coefficient (Wildman–Crippen LogP) is 4.84. The molecule has 0 radical (unpaired) electrons. The highest BCUT2D eigenvalue weighted by molar-refractivity contribution is 5.73. The summed E-state index contributed by atoms with van der Waals surface area (Å²) in [7, 11) is 0. The van der Waals surface area contributed by atoms with Gasteiger partial charge in [0, 0.05) is 0 Å². The lowest BCUT2D eigenvalue weighted by Crippen LogP contribution is -2.36. The molecule has 2 aromatic carbocycles. The fraction of sp³-hybridized carbons (Fsp3) is 0.400. The summed E-state index contributed by atoms with van der Waals surface area (Å²) in [5, 5.41) is 19.5. The summed E-state index contributed by atoms with van der Waals surface area (Å²) in [5.41, 5.74) is 3.41. The van der Waals surface area contributed by atoms with Crippen molar-refractivity contribution >= 4 is 11.0 Å². The Morgan fingerprint density at radius 3 is 2.04 bits per heavy atom. The highest BCUT2D eigenvalue weighted by Crippen LogP contribution is 2.44. The van der Waals surface area contributed by atoms with Gasteiger partial charge < -0.3 is 5.11 Å². The van der Waals surface area contributed by atoms with Gasteiger partial charge >= 0.3 is 0 Å². The van der Waals surface area contributed by atoms with Crippen molar-refractivity contribution in [3.63, 3.8) is 0 Å². The number of aromatic hydroxyl groups is 1. The van der Waals surface area contributed by atoms with Crippen LogP contribution in [0.5, 0.6) is 5.75 Å². The lowest BCUT2D eigenvalue weighted by molar-refractivity contribution is 0.189. The van der Waals surface area contributed by atoms with Crippen molar-refractivity contribution in [2.24, 2.45) is 5.41 Å². The number of hydrogen-bond acceptors (Lipinski definition) is 3. The molecule has 1 N–H and O–H groups in total. The smallest absolute Gasteiger partial charge is 0.143 e. The number of hydrogen-bond donors (Lipinski definition) is 1. The zero-order valence-corrected chi connectivity index (χ0v) is 15.0. The normalized spacial score (nSPS) is 12.7. The molecule has 0 saturated carbocycles. The lowest BCUT2D eigenvalue weighted by Gasteiger charge is -2.42. The van der Waals surface area contributed by atoms with Crippen molar-refractivity contribution in [2.75, 3.05) is 0 Å². The summed E-state index contributed by atoms with van der Waals surface area (Å²) >= 11 is 0. The van der Waals surface area contributed by atoms with E-state index in [1.54, 1.807) is 0 Å². The highest BCUT2D eigenvalue weighted by atomic mass is 16.3. The van der Waals surface area contributed by atoms with Gasteiger partial charge in [-0.3, -0.25) is 0 Å². The molecule has 4 nitrogen and oxygen atoms in total. The third kappa shape index (κ3) is 2.56. The Balaban J connectivity index is 2.04. The van der Waals surface area contributed by atoms with Crippen LogP contribution in [0.25, 0.3) is 16.7 Å². The molecular weight excluding hydrogens is 298 g/mol. The third-order valence-electron chi connectivity index (χ3n) is 5.78. The van der Waals surface area contributed by atoms with Gasteiger partial charge in [-0.05, 0) is 40.7 Å². The molecule has 3 aromatic rings. The summed E-state index contributed by atoms with van der Waals surface area (Å²) < 4.78 is 0. The molecule has 0 saturated heterocycles. The second-order valence-electron chi connectivity index (χ2n) is 7.54. The fourth-order valence-corrected chi connectivity index (χ4v) is 2.88. The molecule has 4 heteroatoms. The average molecular weight is 323 g/mol. The highest BCUT2D eigenvalue weighted by Gasteiger charge is 2.37.